The molecule has 0 saturated heterocycles. The van der Waals surface area contributed by atoms with Gasteiger partial charge in [0.15, 0.2) is 11.2 Å². The van der Waals surface area contributed by atoms with Gasteiger partial charge in [-0.1, -0.05) is 70.0 Å². The van der Waals surface area contributed by atoms with Gasteiger partial charge >= 0.3 is 0 Å². The minimum absolute atomic E-state index is 0.200. The van der Waals surface area contributed by atoms with Crippen LogP contribution in [-0.2, 0) is 25.5 Å². The molecular formula is C26H26BrClN2O5S. The Morgan fingerprint density at radius 3 is 2.44 bits per heavy atom. The molecule has 2 heterocycles. The van der Waals surface area contributed by atoms with E-state index in [9.17, 15) is 13.5 Å². The number of ether oxygens (including phenoxy) is 1. The average Bonchev–Trinajstić information content (AvgIpc) is 3.16. The Kier molecular flexibility index (Phi) is 6.46. The number of rotatable bonds is 6. The van der Waals surface area contributed by atoms with E-state index in [2.05, 4.69) is 20.9 Å². The van der Waals surface area contributed by atoms with Crippen LogP contribution in [0.3, 0.4) is 0 Å². The van der Waals surface area contributed by atoms with Crippen molar-refractivity contribution < 1.29 is 22.4 Å². The lowest BCUT2D eigenvalue weighted by atomic mass is 9.71. The third-order valence-electron chi connectivity index (χ3n) is 6.97. The van der Waals surface area contributed by atoms with Crippen molar-refractivity contribution >= 4 is 37.6 Å². The molecule has 1 N–H and O–H groups in total. The second-order valence-electron chi connectivity index (χ2n) is 9.65. The Bertz CT molecular complexity index is 1390. The van der Waals surface area contributed by atoms with Crippen LogP contribution < -0.4 is 4.74 Å². The molecule has 2 aliphatic rings. The SMILES string of the molecule is CN(C)C[C@H]1[C@@H](OS(C)(=O)=O)[C@@]2(O)c3ncc(Cl)cc3O[C@@]2(c2ccc(Br)cc2)[C@@H]1c1ccccc1. The first-order valence-corrected chi connectivity index (χ1v) is 14.4. The van der Waals surface area contributed by atoms with Gasteiger partial charge in [-0.2, -0.15) is 8.42 Å². The van der Waals surface area contributed by atoms with Crippen molar-refractivity contribution in [1.29, 1.82) is 0 Å². The van der Waals surface area contributed by atoms with Gasteiger partial charge in [-0.05, 0) is 37.4 Å². The van der Waals surface area contributed by atoms with Gasteiger partial charge in [0, 0.05) is 35.1 Å². The fraction of sp³-hybridized carbons (Fsp3) is 0.346. The third kappa shape index (κ3) is 3.97. The highest BCUT2D eigenvalue weighted by Gasteiger charge is 2.78. The fourth-order valence-corrected chi connectivity index (χ4v) is 6.97. The molecular weight excluding hydrogens is 568 g/mol. The van der Waals surface area contributed by atoms with Crippen LogP contribution in [0, 0.1) is 5.92 Å². The average molecular weight is 594 g/mol. The predicted octanol–water partition coefficient (Wildman–Crippen LogP) is 4.29. The van der Waals surface area contributed by atoms with Crippen LogP contribution in [0.15, 0.2) is 71.3 Å². The van der Waals surface area contributed by atoms with Gasteiger partial charge in [0.2, 0.25) is 0 Å². The second-order valence-corrected chi connectivity index (χ2v) is 12.6. The summed E-state index contributed by atoms with van der Waals surface area (Å²) in [5, 5.41) is 13.2. The normalized spacial score (nSPS) is 29.1. The first-order chi connectivity index (χ1) is 17.0. The van der Waals surface area contributed by atoms with Crippen molar-refractivity contribution in [3.8, 4) is 5.75 Å². The van der Waals surface area contributed by atoms with Gasteiger partial charge in [-0.15, -0.1) is 0 Å². The minimum Gasteiger partial charge on any atom is -0.476 e. The van der Waals surface area contributed by atoms with Crippen molar-refractivity contribution in [2.24, 2.45) is 5.92 Å². The molecule has 0 unspecified atom stereocenters. The van der Waals surface area contributed by atoms with Crippen molar-refractivity contribution in [3.63, 3.8) is 0 Å². The van der Waals surface area contributed by atoms with Crippen LogP contribution in [-0.4, -0.2) is 56.4 Å². The molecule has 3 aromatic rings. The molecule has 5 rings (SSSR count). The molecule has 10 heteroatoms. The van der Waals surface area contributed by atoms with Gasteiger partial charge in [0.25, 0.3) is 10.1 Å². The van der Waals surface area contributed by atoms with Crippen molar-refractivity contribution in [2.45, 2.75) is 23.2 Å². The van der Waals surface area contributed by atoms with Crippen LogP contribution >= 0.6 is 27.5 Å². The smallest absolute Gasteiger partial charge is 0.264 e. The van der Waals surface area contributed by atoms with E-state index >= 15 is 0 Å². The number of fused-ring (bicyclic) bond motifs is 3. The van der Waals surface area contributed by atoms with Crippen LogP contribution in [0.25, 0.3) is 0 Å². The molecule has 5 atom stereocenters. The zero-order chi connectivity index (χ0) is 25.9. The lowest BCUT2D eigenvalue weighted by molar-refractivity contribution is -0.145. The third-order valence-corrected chi connectivity index (χ3v) is 8.26. The zero-order valence-electron chi connectivity index (χ0n) is 19.9. The molecule has 7 nitrogen and oxygen atoms in total. The molecule has 0 spiro atoms. The van der Waals surface area contributed by atoms with E-state index in [1.807, 2.05) is 73.6 Å². The largest absolute Gasteiger partial charge is 0.476 e. The first kappa shape index (κ1) is 25.6. The summed E-state index contributed by atoms with van der Waals surface area (Å²) in [4.78, 5) is 6.43. The number of pyridine rings is 1. The van der Waals surface area contributed by atoms with E-state index in [0.717, 1.165) is 16.3 Å². The minimum atomic E-state index is -3.98. The summed E-state index contributed by atoms with van der Waals surface area (Å²) in [6.07, 6.45) is 1.22. The quantitative estimate of drug-likeness (QED) is 0.427. The molecule has 1 fully saturated rings. The topological polar surface area (TPSA) is 89.0 Å². The molecule has 1 aromatic heterocycles. The molecule has 0 radical (unpaired) electrons. The number of hydrogen-bond donors (Lipinski definition) is 1. The van der Waals surface area contributed by atoms with Crippen LogP contribution in [0.4, 0.5) is 0 Å². The summed E-state index contributed by atoms with van der Waals surface area (Å²) in [7, 11) is -0.181. The lowest BCUT2D eigenvalue weighted by Gasteiger charge is -2.40. The van der Waals surface area contributed by atoms with E-state index in [-0.39, 0.29) is 5.69 Å². The fourth-order valence-electron chi connectivity index (χ4n) is 5.89. The first-order valence-electron chi connectivity index (χ1n) is 11.4. The number of aliphatic hydroxyl groups is 1. The standard InChI is InChI=1S/C26H26BrClN2O5S/c1-30(2)15-20-22(16-7-5-4-6-8-16)26(17-9-11-18(27)12-10-17)25(31,24(20)35-36(3,32)33)23-21(34-26)13-19(28)14-29-23/h4-14,20,22,24,31H,15H2,1-3H3/t20-,22-,24-,25+,26+/m1/s1. The Morgan fingerprint density at radius 1 is 1.17 bits per heavy atom. The van der Waals surface area contributed by atoms with Crippen LogP contribution in [0.5, 0.6) is 5.75 Å². The zero-order valence-corrected chi connectivity index (χ0v) is 23.1. The number of nitrogens with zero attached hydrogens (tertiary/aromatic N) is 2. The number of halogens is 2. The summed E-state index contributed by atoms with van der Waals surface area (Å²) < 4.78 is 38.6. The van der Waals surface area contributed by atoms with Gasteiger partial charge in [-0.25, -0.2) is 0 Å². The summed E-state index contributed by atoms with van der Waals surface area (Å²) >= 11 is 9.76. The molecule has 0 amide bonds. The molecule has 36 heavy (non-hydrogen) atoms. The predicted molar refractivity (Wildman–Crippen MR) is 141 cm³/mol. The van der Waals surface area contributed by atoms with Crippen molar-refractivity contribution in [1.82, 2.24) is 9.88 Å². The highest BCUT2D eigenvalue weighted by Crippen LogP contribution is 2.69. The van der Waals surface area contributed by atoms with Crippen molar-refractivity contribution in [2.75, 3.05) is 26.9 Å². The van der Waals surface area contributed by atoms with E-state index in [1.54, 1.807) is 6.07 Å². The second kappa shape index (κ2) is 9.08. The lowest BCUT2D eigenvalue weighted by Crippen LogP contribution is -2.53. The van der Waals surface area contributed by atoms with Crippen molar-refractivity contribution in [3.05, 3.63) is 93.2 Å². The Morgan fingerprint density at radius 2 is 1.83 bits per heavy atom. The number of benzene rings is 2. The number of aromatic nitrogens is 1. The maximum absolute atomic E-state index is 12.8. The highest BCUT2D eigenvalue weighted by molar-refractivity contribution is 9.10. The Hall–Kier alpha value is -2.01. The maximum Gasteiger partial charge on any atom is 0.264 e. The van der Waals surface area contributed by atoms with Gasteiger partial charge in [0.1, 0.15) is 17.5 Å². The molecule has 1 aliphatic heterocycles. The van der Waals surface area contributed by atoms with Gasteiger partial charge < -0.3 is 14.7 Å². The molecule has 1 aliphatic carbocycles. The molecule has 190 valence electrons. The summed E-state index contributed by atoms with van der Waals surface area (Å²) in [5.74, 6) is -0.706. The van der Waals surface area contributed by atoms with Crippen LogP contribution in [0.1, 0.15) is 22.7 Å². The maximum atomic E-state index is 12.8. The van der Waals surface area contributed by atoms with E-state index < -0.39 is 39.3 Å². The Labute approximate surface area is 224 Å². The molecule has 1 saturated carbocycles. The monoisotopic (exact) mass is 592 g/mol. The van der Waals surface area contributed by atoms with E-state index in [1.165, 1.54) is 6.20 Å². The molecule has 0 bridgehead atoms. The number of hydrogen-bond acceptors (Lipinski definition) is 7. The highest BCUT2D eigenvalue weighted by atomic mass is 79.9. The summed E-state index contributed by atoms with van der Waals surface area (Å²) in [6.45, 7) is 0.423. The van der Waals surface area contributed by atoms with E-state index in [4.69, 9.17) is 20.5 Å². The van der Waals surface area contributed by atoms with Gasteiger partial charge in [-0.3, -0.25) is 9.17 Å². The van der Waals surface area contributed by atoms with Crippen LogP contribution in [0.2, 0.25) is 5.02 Å². The Balaban J connectivity index is 1.89. The van der Waals surface area contributed by atoms with E-state index in [0.29, 0.717) is 22.9 Å². The van der Waals surface area contributed by atoms with Gasteiger partial charge in [0.05, 0.1) is 11.3 Å². The summed E-state index contributed by atoms with van der Waals surface area (Å²) in [6, 6.07) is 18.7. The summed E-state index contributed by atoms with van der Waals surface area (Å²) in [5.41, 5.74) is -1.66. The molecule has 2 aromatic carbocycles.